The molecule has 0 aliphatic heterocycles. The largest absolute Gasteiger partial charge is 0.481 e. The van der Waals surface area contributed by atoms with E-state index in [0.717, 1.165) is 6.07 Å². The molecule has 0 saturated heterocycles. The minimum absolute atomic E-state index is 0.0377. The van der Waals surface area contributed by atoms with Crippen molar-refractivity contribution >= 4 is 27.5 Å². The van der Waals surface area contributed by atoms with Crippen LogP contribution in [0.1, 0.15) is 12.8 Å². The van der Waals surface area contributed by atoms with Gasteiger partial charge in [0, 0.05) is 13.0 Å². The molecule has 0 aromatic heterocycles. The number of carboxylic acids is 1. The van der Waals surface area contributed by atoms with Crippen molar-refractivity contribution in [3.8, 4) is 0 Å². The molecule has 1 rings (SSSR count). The molecule has 0 bridgehead atoms. The van der Waals surface area contributed by atoms with Crippen LogP contribution in [-0.4, -0.2) is 30.6 Å². The van der Waals surface area contributed by atoms with Crippen molar-refractivity contribution in [1.29, 1.82) is 0 Å². The standard InChI is InChI=1S/C10H14N2O5S/c11-8-6-7(18(15,16)17)3-4-9(8)12-5-1-2-10(13)14/h3-4,6,12H,1-2,5,11H2,(H,13,14)(H,15,16,17). The molecule has 0 fully saturated rings. The van der Waals surface area contributed by atoms with Crippen LogP contribution in [0.15, 0.2) is 23.1 Å². The van der Waals surface area contributed by atoms with E-state index in [9.17, 15) is 13.2 Å². The highest BCUT2D eigenvalue weighted by Gasteiger charge is 2.11. The molecule has 0 aliphatic carbocycles. The molecule has 0 unspecified atom stereocenters. The Kier molecular flexibility index (Phi) is 4.51. The van der Waals surface area contributed by atoms with Gasteiger partial charge in [-0.25, -0.2) is 0 Å². The number of hydrogen-bond donors (Lipinski definition) is 4. The highest BCUT2D eigenvalue weighted by Crippen LogP contribution is 2.22. The van der Waals surface area contributed by atoms with Gasteiger partial charge in [-0.1, -0.05) is 0 Å². The number of rotatable bonds is 6. The van der Waals surface area contributed by atoms with Gasteiger partial charge in [-0.15, -0.1) is 0 Å². The summed E-state index contributed by atoms with van der Waals surface area (Å²) in [5.41, 5.74) is 6.27. The fraction of sp³-hybridized carbons (Fsp3) is 0.300. The first-order valence-electron chi connectivity index (χ1n) is 5.13. The average Bonchev–Trinajstić information content (AvgIpc) is 2.24. The Labute approximate surface area is 104 Å². The number of nitrogens with one attached hydrogen (secondary N) is 1. The molecular weight excluding hydrogens is 260 g/mol. The first-order chi connectivity index (χ1) is 8.30. The predicted molar refractivity (Wildman–Crippen MR) is 66.0 cm³/mol. The van der Waals surface area contributed by atoms with E-state index in [1.807, 2.05) is 0 Å². The molecule has 100 valence electrons. The third-order valence-electron chi connectivity index (χ3n) is 2.20. The van der Waals surface area contributed by atoms with Gasteiger partial charge in [0.25, 0.3) is 10.1 Å². The first-order valence-corrected chi connectivity index (χ1v) is 6.57. The number of nitrogen functional groups attached to an aromatic ring is 1. The molecule has 18 heavy (non-hydrogen) atoms. The second-order valence-electron chi connectivity index (χ2n) is 3.65. The number of aliphatic carboxylic acids is 1. The van der Waals surface area contributed by atoms with Crippen molar-refractivity contribution in [3.05, 3.63) is 18.2 Å². The van der Waals surface area contributed by atoms with Gasteiger partial charge >= 0.3 is 5.97 Å². The van der Waals surface area contributed by atoms with Gasteiger partial charge in [-0.2, -0.15) is 8.42 Å². The highest BCUT2D eigenvalue weighted by atomic mass is 32.2. The topological polar surface area (TPSA) is 130 Å². The summed E-state index contributed by atoms with van der Waals surface area (Å²) in [7, 11) is -4.26. The van der Waals surface area contributed by atoms with E-state index in [0.29, 0.717) is 18.7 Å². The number of nitrogens with two attached hydrogens (primary N) is 1. The molecule has 0 amide bonds. The normalized spacial score (nSPS) is 11.2. The van der Waals surface area contributed by atoms with E-state index >= 15 is 0 Å². The third kappa shape index (κ3) is 4.22. The Morgan fingerprint density at radius 2 is 2.06 bits per heavy atom. The van der Waals surface area contributed by atoms with Crippen molar-refractivity contribution in [2.24, 2.45) is 0 Å². The SMILES string of the molecule is Nc1cc(S(=O)(=O)O)ccc1NCCCC(=O)O. The molecule has 0 radical (unpaired) electrons. The molecule has 1 aromatic rings. The van der Waals surface area contributed by atoms with E-state index < -0.39 is 16.1 Å². The van der Waals surface area contributed by atoms with E-state index in [-0.39, 0.29) is 17.0 Å². The zero-order chi connectivity index (χ0) is 13.8. The summed E-state index contributed by atoms with van der Waals surface area (Å²) in [5, 5.41) is 11.3. The fourth-order valence-corrected chi connectivity index (χ4v) is 1.84. The van der Waals surface area contributed by atoms with Crippen LogP contribution in [0, 0.1) is 0 Å². The minimum atomic E-state index is -4.26. The van der Waals surface area contributed by atoms with E-state index in [4.69, 9.17) is 15.4 Å². The van der Waals surface area contributed by atoms with Crippen LogP contribution in [0.5, 0.6) is 0 Å². The number of carbonyl (C=O) groups is 1. The van der Waals surface area contributed by atoms with Crippen LogP contribution in [0.25, 0.3) is 0 Å². The van der Waals surface area contributed by atoms with E-state index in [2.05, 4.69) is 5.32 Å². The minimum Gasteiger partial charge on any atom is -0.481 e. The third-order valence-corrected chi connectivity index (χ3v) is 3.05. The van der Waals surface area contributed by atoms with Crippen LogP contribution < -0.4 is 11.1 Å². The van der Waals surface area contributed by atoms with Crippen LogP contribution in [-0.2, 0) is 14.9 Å². The second kappa shape index (κ2) is 5.69. The van der Waals surface area contributed by atoms with Gasteiger partial charge in [0.15, 0.2) is 0 Å². The van der Waals surface area contributed by atoms with Crippen LogP contribution in [0.2, 0.25) is 0 Å². The van der Waals surface area contributed by atoms with Gasteiger partial charge in [-0.3, -0.25) is 9.35 Å². The average molecular weight is 274 g/mol. The zero-order valence-electron chi connectivity index (χ0n) is 9.46. The van der Waals surface area contributed by atoms with E-state index in [1.54, 1.807) is 0 Å². The monoisotopic (exact) mass is 274 g/mol. The quantitative estimate of drug-likeness (QED) is 0.343. The van der Waals surface area contributed by atoms with Crippen LogP contribution >= 0.6 is 0 Å². The number of carboxylic acid groups (broad SMARTS) is 1. The molecule has 8 heteroatoms. The lowest BCUT2D eigenvalue weighted by Crippen LogP contribution is -2.07. The van der Waals surface area contributed by atoms with Gasteiger partial charge < -0.3 is 16.2 Å². The summed E-state index contributed by atoms with van der Waals surface area (Å²) in [6.45, 7) is 0.404. The van der Waals surface area contributed by atoms with Gasteiger partial charge in [-0.05, 0) is 24.6 Å². The maximum atomic E-state index is 10.8. The maximum Gasteiger partial charge on any atom is 0.303 e. The van der Waals surface area contributed by atoms with Gasteiger partial charge in [0.1, 0.15) is 0 Å². The van der Waals surface area contributed by atoms with Crippen molar-refractivity contribution in [2.45, 2.75) is 17.7 Å². The Bertz CT molecular complexity index is 541. The molecule has 7 nitrogen and oxygen atoms in total. The molecule has 0 saturated carbocycles. The molecule has 0 atom stereocenters. The Morgan fingerprint density at radius 3 is 2.56 bits per heavy atom. The Morgan fingerprint density at radius 1 is 1.39 bits per heavy atom. The van der Waals surface area contributed by atoms with E-state index in [1.165, 1.54) is 12.1 Å². The van der Waals surface area contributed by atoms with Crippen LogP contribution in [0.3, 0.4) is 0 Å². The molecule has 0 heterocycles. The molecule has 0 spiro atoms. The van der Waals surface area contributed by atoms with Crippen molar-refractivity contribution in [2.75, 3.05) is 17.6 Å². The zero-order valence-corrected chi connectivity index (χ0v) is 10.3. The van der Waals surface area contributed by atoms with Gasteiger partial charge in [0.05, 0.1) is 16.3 Å². The van der Waals surface area contributed by atoms with Crippen LogP contribution in [0.4, 0.5) is 11.4 Å². The number of hydrogen-bond acceptors (Lipinski definition) is 5. The molecule has 0 aliphatic rings. The number of anilines is 2. The number of benzene rings is 1. The molecule has 5 N–H and O–H groups in total. The van der Waals surface area contributed by atoms with Crippen molar-refractivity contribution in [1.82, 2.24) is 0 Å². The summed E-state index contributed by atoms with van der Waals surface area (Å²) in [6, 6.07) is 3.76. The summed E-state index contributed by atoms with van der Waals surface area (Å²) in [5.74, 6) is -0.883. The smallest absolute Gasteiger partial charge is 0.303 e. The van der Waals surface area contributed by atoms with Gasteiger partial charge in [0.2, 0.25) is 0 Å². The molecular formula is C10H14N2O5S. The lowest BCUT2D eigenvalue weighted by molar-refractivity contribution is -0.137. The lowest BCUT2D eigenvalue weighted by Gasteiger charge is -2.09. The Balaban J connectivity index is 2.66. The van der Waals surface area contributed by atoms with Crippen molar-refractivity contribution in [3.63, 3.8) is 0 Å². The lowest BCUT2D eigenvalue weighted by atomic mass is 10.2. The second-order valence-corrected chi connectivity index (χ2v) is 5.07. The summed E-state index contributed by atoms with van der Waals surface area (Å²) >= 11 is 0. The maximum absolute atomic E-state index is 10.8. The predicted octanol–water partition coefficient (Wildman–Crippen LogP) is 0.792. The molecule has 1 aromatic carbocycles. The fourth-order valence-electron chi connectivity index (χ4n) is 1.32. The Hall–Kier alpha value is -1.80. The summed E-state index contributed by atoms with van der Waals surface area (Å²) in [6.07, 6.45) is 0.463. The first kappa shape index (κ1) is 14.3. The summed E-state index contributed by atoms with van der Waals surface area (Å²) < 4.78 is 30.5. The summed E-state index contributed by atoms with van der Waals surface area (Å²) in [4.78, 5) is 10.0. The van der Waals surface area contributed by atoms with Crippen molar-refractivity contribution < 1.29 is 22.9 Å². The highest BCUT2D eigenvalue weighted by molar-refractivity contribution is 7.85.